The van der Waals surface area contributed by atoms with Crippen LogP contribution in [-0.2, 0) is 4.79 Å². The van der Waals surface area contributed by atoms with E-state index in [0.717, 1.165) is 5.56 Å². The van der Waals surface area contributed by atoms with E-state index in [2.05, 4.69) is 4.99 Å². The van der Waals surface area contributed by atoms with Gasteiger partial charge in [0.05, 0.1) is 10.2 Å². The van der Waals surface area contributed by atoms with Gasteiger partial charge in [0.15, 0.2) is 4.80 Å². The van der Waals surface area contributed by atoms with E-state index in [1.165, 1.54) is 28.0 Å². The van der Waals surface area contributed by atoms with Crippen molar-refractivity contribution in [3.63, 3.8) is 0 Å². The van der Waals surface area contributed by atoms with Gasteiger partial charge in [0.1, 0.15) is 11.9 Å². The molecule has 0 saturated carbocycles. The normalized spacial score (nSPS) is 13.1. The summed E-state index contributed by atoms with van der Waals surface area (Å²) in [7, 11) is 0. The Labute approximate surface area is 153 Å². The van der Waals surface area contributed by atoms with Gasteiger partial charge in [-0.05, 0) is 43.7 Å². The van der Waals surface area contributed by atoms with Gasteiger partial charge in [-0.3, -0.25) is 4.79 Å². The van der Waals surface area contributed by atoms with E-state index in [-0.39, 0.29) is 11.2 Å². The number of thiazole rings is 1. The number of hydrogen-bond acceptors (Lipinski definition) is 3. The summed E-state index contributed by atoms with van der Waals surface area (Å²) in [4.78, 5) is 28.5. The third-order valence-electron chi connectivity index (χ3n) is 4.07. The second-order valence-corrected chi connectivity index (χ2v) is 6.92. The van der Waals surface area contributed by atoms with Gasteiger partial charge >= 0.3 is 5.97 Å². The molecule has 0 aliphatic carbocycles. The second kappa shape index (κ2) is 7.21. The molecular weight excluding hydrogens is 355 g/mol. The van der Waals surface area contributed by atoms with Crippen LogP contribution >= 0.6 is 11.3 Å². The van der Waals surface area contributed by atoms with Crippen LogP contribution in [0.1, 0.15) is 35.3 Å². The first kappa shape index (κ1) is 18.0. The molecule has 0 spiro atoms. The van der Waals surface area contributed by atoms with E-state index in [9.17, 15) is 19.1 Å². The Hall–Kier alpha value is -2.80. The zero-order chi connectivity index (χ0) is 18.8. The number of carbonyl (C=O) groups is 2. The summed E-state index contributed by atoms with van der Waals surface area (Å²) in [6.07, 6.45) is 0.281. The number of carbonyl (C=O) groups excluding carboxylic acids is 1. The van der Waals surface area contributed by atoms with Crippen molar-refractivity contribution in [3.05, 3.63) is 64.2 Å². The molecule has 3 aromatic rings. The van der Waals surface area contributed by atoms with E-state index < -0.39 is 23.7 Å². The molecule has 0 aliphatic heterocycles. The van der Waals surface area contributed by atoms with Crippen LogP contribution in [0.5, 0.6) is 0 Å². The first-order chi connectivity index (χ1) is 12.4. The molecule has 0 radical (unpaired) electrons. The van der Waals surface area contributed by atoms with Crippen molar-refractivity contribution in [2.24, 2.45) is 4.99 Å². The van der Waals surface area contributed by atoms with Gasteiger partial charge in [-0.2, -0.15) is 4.99 Å². The first-order valence-corrected chi connectivity index (χ1v) is 8.91. The summed E-state index contributed by atoms with van der Waals surface area (Å²) < 4.78 is 15.8. The monoisotopic (exact) mass is 372 g/mol. The van der Waals surface area contributed by atoms with Crippen LogP contribution in [0.4, 0.5) is 4.39 Å². The molecule has 26 heavy (non-hydrogen) atoms. The van der Waals surface area contributed by atoms with Gasteiger partial charge in [-0.25, -0.2) is 9.18 Å². The zero-order valence-corrected chi connectivity index (χ0v) is 15.1. The Bertz CT molecular complexity index is 1050. The van der Waals surface area contributed by atoms with Crippen LogP contribution in [0.3, 0.4) is 0 Å². The van der Waals surface area contributed by atoms with Crippen molar-refractivity contribution in [1.82, 2.24) is 4.57 Å². The highest BCUT2D eigenvalue weighted by Gasteiger charge is 2.22. The molecule has 1 unspecified atom stereocenters. The Morgan fingerprint density at radius 1 is 1.23 bits per heavy atom. The molecule has 0 saturated heterocycles. The molecular formula is C19H17FN2O3S. The number of aryl methyl sites for hydroxylation is 1. The van der Waals surface area contributed by atoms with Crippen molar-refractivity contribution in [2.75, 3.05) is 0 Å². The quantitative estimate of drug-likeness (QED) is 0.754. The number of benzene rings is 2. The lowest BCUT2D eigenvalue weighted by atomic mass is 10.1. The number of rotatable bonds is 4. The molecule has 1 N–H and O–H groups in total. The second-order valence-electron chi connectivity index (χ2n) is 5.91. The lowest BCUT2D eigenvalue weighted by Crippen LogP contribution is -2.27. The highest BCUT2D eigenvalue weighted by Crippen LogP contribution is 2.23. The molecule has 1 amide bonds. The highest BCUT2D eigenvalue weighted by atomic mass is 32.1. The van der Waals surface area contributed by atoms with E-state index in [1.807, 2.05) is 19.1 Å². The third kappa shape index (κ3) is 3.43. The standard InChI is InChI=1S/C19H17FN2O3S/c1-3-14(18(24)25)22-15-10-13(20)8-9-16(15)26-19(22)21-17(23)12-6-4-11(2)5-7-12/h4-10,14H,3H2,1-2H3,(H,24,25). The van der Waals surface area contributed by atoms with Gasteiger partial charge in [0.2, 0.25) is 0 Å². The minimum absolute atomic E-state index is 0.241. The summed E-state index contributed by atoms with van der Waals surface area (Å²) in [6, 6.07) is 10.2. The van der Waals surface area contributed by atoms with Crippen LogP contribution in [0.15, 0.2) is 47.5 Å². The largest absolute Gasteiger partial charge is 0.480 e. The van der Waals surface area contributed by atoms with E-state index in [4.69, 9.17) is 0 Å². The molecule has 1 aromatic heterocycles. The molecule has 2 aromatic carbocycles. The van der Waals surface area contributed by atoms with Crippen LogP contribution in [0, 0.1) is 12.7 Å². The van der Waals surface area contributed by atoms with Crippen molar-refractivity contribution in [3.8, 4) is 0 Å². The van der Waals surface area contributed by atoms with E-state index >= 15 is 0 Å². The lowest BCUT2D eigenvalue weighted by Gasteiger charge is -2.13. The van der Waals surface area contributed by atoms with Gasteiger partial charge in [-0.15, -0.1) is 0 Å². The molecule has 0 bridgehead atoms. The summed E-state index contributed by atoms with van der Waals surface area (Å²) in [5.74, 6) is -1.99. The third-order valence-corrected chi connectivity index (χ3v) is 5.10. The van der Waals surface area contributed by atoms with Crippen molar-refractivity contribution in [1.29, 1.82) is 0 Å². The molecule has 1 atom stereocenters. The Balaban J connectivity index is 2.22. The first-order valence-electron chi connectivity index (χ1n) is 8.10. The fourth-order valence-electron chi connectivity index (χ4n) is 2.71. The maximum atomic E-state index is 13.7. The smallest absolute Gasteiger partial charge is 0.326 e. The predicted octanol–water partition coefficient (Wildman–Crippen LogP) is 3.93. The topological polar surface area (TPSA) is 71.7 Å². The lowest BCUT2D eigenvalue weighted by molar-refractivity contribution is -0.140. The van der Waals surface area contributed by atoms with Crippen molar-refractivity contribution < 1.29 is 19.1 Å². The van der Waals surface area contributed by atoms with Crippen LogP contribution in [0.25, 0.3) is 10.2 Å². The number of halogens is 1. The van der Waals surface area contributed by atoms with Crippen LogP contribution < -0.4 is 4.80 Å². The number of aliphatic carboxylic acids is 1. The van der Waals surface area contributed by atoms with Gasteiger partial charge in [0.25, 0.3) is 5.91 Å². The van der Waals surface area contributed by atoms with Crippen molar-refractivity contribution >= 4 is 33.4 Å². The van der Waals surface area contributed by atoms with E-state index in [1.54, 1.807) is 25.1 Å². The number of amides is 1. The Morgan fingerprint density at radius 3 is 2.54 bits per heavy atom. The maximum absolute atomic E-state index is 13.7. The minimum Gasteiger partial charge on any atom is -0.480 e. The highest BCUT2D eigenvalue weighted by molar-refractivity contribution is 7.16. The van der Waals surface area contributed by atoms with Gasteiger partial charge in [-0.1, -0.05) is 36.0 Å². The summed E-state index contributed by atoms with van der Waals surface area (Å²) >= 11 is 1.17. The maximum Gasteiger partial charge on any atom is 0.326 e. The van der Waals surface area contributed by atoms with Gasteiger partial charge in [0, 0.05) is 5.56 Å². The number of carboxylic acid groups (broad SMARTS) is 1. The minimum atomic E-state index is -1.05. The zero-order valence-electron chi connectivity index (χ0n) is 14.3. The summed E-state index contributed by atoms with van der Waals surface area (Å²) in [6.45, 7) is 3.64. The molecule has 3 rings (SSSR count). The summed E-state index contributed by atoms with van der Waals surface area (Å²) in [5.41, 5.74) is 1.85. The van der Waals surface area contributed by atoms with Crippen LogP contribution in [-0.4, -0.2) is 21.6 Å². The van der Waals surface area contributed by atoms with E-state index in [0.29, 0.717) is 15.8 Å². The Kier molecular flexibility index (Phi) is 4.99. The average molecular weight is 372 g/mol. The van der Waals surface area contributed by atoms with Crippen LogP contribution in [0.2, 0.25) is 0 Å². The number of hydrogen-bond donors (Lipinski definition) is 1. The van der Waals surface area contributed by atoms with Gasteiger partial charge < -0.3 is 9.67 Å². The number of fused-ring (bicyclic) bond motifs is 1. The molecule has 5 nitrogen and oxygen atoms in total. The Morgan fingerprint density at radius 2 is 1.92 bits per heavy atom. The number of carboxylic acids is 1. The fraction of sp³-hybridized carbons (Fsp3) is 0.211. The average Bonchev–Trinajstić information content (AvgIpc) is 2.93. The molecule has 0 aliphatic rings. The molecule has 1 heterocycles. The number of nitrogens with zero attached hydrogens (tertiary/aromatic N) is 2. The predicted molar refractivity (Wildman–Crippen MR) is 97.8 cm³/mol. The number of aromatic nitrogens is 1. The van der Waals surface area contributed by atoms with Crippen molar-refractivity contribution in [2.45, 2.75) is 26.3 Å². The summed E-state index contributed by atoms with van der Waals surface area (Å²) in [5, 5.41) is 9.54. The fourth-order valence-corrected chi connectivity index (χ4v) is 3.76. The molecule has 0 fully saturated rings. The molecule has 134 valence electrons. The SMILES string of the molecule is CCC(C(=O)O)n1c(=NC(=O)c2ccc(C)cc2)sc2ccc(F)cc21. The molecule has 7 heteroatoms.